The van der Waals surface area contributed by atoms with E-state index in [4.69, 9.17) is 0 Å². The average Bonchev–Trinajstić information content (AvgIpc) is 2.25. The Hall–Kier alpha value is -0.530. The molecule has 0 radical (unpaired) electrons. The number of nitrogens with zero attached hydrogens (tertiary/aromatic N) is 1. The molecule has 0 spiro atoms. The molecule has 1 aliphatic rings. The fourth-order valence-corrected chi connectivity index (χ4v) is 2.32. The number of carbonyl (C=O) groups is 1. The highest BCUT2D eigenvalue weighted by Gasteiger charge is 2.22. The Morgan fingerprint density at radius 1 is 1.27 bits per heavy atom. The quantitative estimate of drug-likeness (QED) is 0.639. The lowest BCUT2D eigenvalue weighted by atomic mass is 10.0. The van der Waals surface area contributed by atoms with Crippen molar-refractivity contribution in [3.63, 3.8) is 0 Å². The Balaban J connectivity index is 2.20. The number of likely N-dealkylation sites (tertiary alicyclic amines) is 1. The summed E-state index contributed by atoms with van der Waals surface area (Å²) in [6.07, 6.45) is 9.26. The van der Waals surface area contributed by atoms with Crippen molar-refractivity contribution in [1.82, 2.24) is 4.90 Å². The van der Waals surface area contributed by atoms with Crippen LogP contribution < -0.4 is 0 Å². The largest absolute Gasteiger partial charge is 0.340 e. The monoisotopic (exact) mass is 211 g/mol. The molecule has 0 bridgehead atoms. The van der Waals surface area contributed by atoms with E-state index in [1.54, 1.807) is 0 Å². The van der Waals surface area contributed by atoms with Gasteiger partial charge in [-0.25, -0.2) is 0 Å². The second-order valence-corrected chi connectivity index (χ2v) is 4.74. The van der Waals surface area contributed by atoms with Crippen LogP contribution in [0.25, 0.3) is 0 Å². The van der Waals surface area contributed by atoms with Gasteiger partial charge in [0.05, 0.1) is 0 Å². The summed E-state index contributed by atoms with van der Waals surface area (Å²) in [5.74, 6) is 0.387. The minimum absolute atomic E-state index is 0.387. The molecule has 1 saturated heterocycles. The van der Waals surface area contributed by atoms with Gasteiger partial charge in [0, 0.05) is 19.0 Å². The zero-order valence-electron chi connectivity index (χ0n) is 10.3. The molecule has 2 nitrogen and oxygen atoms in total. The normalized spacial score (nSPS) is 21.7. The molecule has 1 amide bonds. The summed E-state index contributed by atoms with van der Waals surface area (Å²) < 4.78 is 0. The van der Waals surface area contributed by atoms with E-state index in [-0.39, 0.29) is 0 Å². The molecule has 88 valence electrons. The number of unbranched alkanes of at least 4 members (excludes halogenated alkanes) is 3. The van der Waals surface area contributed by atoms with Gasteiger partial charge in [-0.2, -0.15) is 0 Å². The van der Waals surface area contributed by atoms with E-state index < -0.39 is 0 Å². The molecule has 15 heavy (non-hydrogen) atoms. The molecule has 0 aromatic rings. The van der Waals surface area contributed by atoms with Crippen LogP contribution in [0.15, 0.2) is 0 Å². The zero-order valence-corrected chi connectivity index (χ0v) is 10.3. The van der Waals surface area contributed by atoms with Crippen molar-refractivity contribution in [1.29, 1.82) is 0 Å². The Kier molecular flexibility index (Phi) is 5.74. The van der Waals surface area contributed by atoms with Gasteiger partial charge in [-0.3, -0.25) is 4.79 Å². The number of amides is 1. The van der Waals surface area contributed by atoms with Gasteiger partial charge in [-0.1, -0.05) is 26.2 Å². The van der Waals surface area contributed by atoms with E-state index >= 15 is 0 Å². The Labute approximate surface area is 94.0 Å². The lowest BCUT2D eigenvalue weighted by Gasteiger charge is -2.33. The average molecular weight is 211 g/mol. The Morgan fingerprint density at radius 3 is 2.73 bits per heavy atom. The van der Waals surface area contributed by atoms with E-state index in [1.165, 1.54) is 38.5 Å². The molecule has 1 fully saturated rings. The van der Waals surface area contributed by atoms with E-state index in [2.05, 4.69) is 18.7 Å². The first-order valence-electron chi connectivity index (χ1n) is 6.55. The molecule has 1 atom stereocenters. The van der Waals surface area contributed by atoms with Gasteiger partial charge >= 0.3 is 0 Å². The fourth-order valence-electron chi connectivity index (χ4n) is 2.32. The molecule has 0 N–H and O–H groups in total. The molecule has 2 heteroatoms. The van der Waals surface area contributed by atoms with Crippen LogP contribution in [0.5, 0.6) is 0 Å². The fraction of sp³-hybridized carbons (Fsp3) is 0.923. The topological polar surface area (TPSA) is 20.3 Å². The predicted molar refractivity (Wildman–Crippen MR) is 63.8 cm³/mol. The maximum absolute atomic E-state index is 11.9. The van der Waals surface area contributed by atoms with Crippen LogP contribution in [0, 0.1) is 0 Å². The van der Waals surface area contributed by atoms with Crippen LogP contribution in [-0.4, -0.2) is 23.4 Å². The smallest absolute Gasteiger partial charge is 0.222 e. The second kappa shape index (κ2) is 6.86. The highest BCUT2D eigenvalue weighted by atomic mass is 16.2. The minimum Gasteiger partial charge on any atom is -0.340 e. The van der Waals surface area contributed by atoms with Crippen molar-refractivity contribution < 1.29 is 4.79 Å². The van der Waals surface area contributed by atoms with Crippen molar-refractivity contribution in [3.8, 4) is 0 Å². The molecule has 1 aliphatic heterocycles. The Morgan fingerprint density at radius 2 is 2.07 bits per heavy atom. The van der Waals surface area contributed by atoms with Gasteiger partial charge in [-0.15, -0.1) is 0 Å². The lowest BCUT2D eigenvalue weighted by Crippen LogP contribution is -2.41. The summed E-state index contributed by atoms with van der Waals surface area (Å²) in [5, 5.41) is 0. The first-order valence-corrected chi connectivity index (χ1v) is 6.55. The van der Waals surface area contributed by atoms with Gasteiger partial charge < -0.3 is 4.90 Å². The first-order chi connectivity index (χ1) is 7.25. The maximum atomic E-state index is 11.9. The molecule has 1 rings (SSSR count). The van der Waals surface area contributed by atoms with Gasteiger partial charge in [0.2, 0.25) is 5.91 Å². The van der Waals surface area contributed by atoms with Gasteiger partial charge in [-0.05, 0) is 32.6 Å². The summed E-state index contributed by atoms with van der Waals surface area (Å²) in [4.78, 5) is 14.0. The zero-order chi connectivity index (χ0) is 11.1. The highest BCUT2D eigenvalue weighted by Crippen LogP contribution is 2.18. The number of carbonyl (C=O) groups excluding carboxylic acids is 1. The predicted octanol–water partition coefficient (Wildman–Crippen LogP) is 3.36. The third-order valence-electron chi connectivity index (χ3n) is 3.37. The van der Waals surface area contributed by atoms with E-state index in [9.17, 15) is 4.79 Å². The summed E-state index contributed by atoms with van der Waals surface area (Å²) in [6.45, 7) is 5.38. The molecule has 0 aromatic carbocycles. The summed E-state index contributed by atoms with van der Waals surface area (Å²) >= 11 is 0. The van der Waals surface area contributed by atoms with Crippen molar-refractivity contribution in [2.24, 2.45) is 0 Å². The number of piperidine rings is 1. The molecule has 1 unspecified atom stereocenters. The minimum atomic E-state index is 0.387. The van der Waals surface area contributed by atoms with E-state index in [1.807, 2.05) is 0 Å². The van der Waals surface area contributed by atoms with Crippen LogP contribution in [-0.2, 0) is 4.79 Å². The molecular formula is C13H25NO. The first kappa shape index (κ1) is 12.5. The highest BCUT2D eigenvalue weighted by molar-refractivity contribution is 5.76. The van der Waals surface area contributed by atoms with Crippen molar-refractivity contribution >= 4 is 5.91 Å². The molecular weight excluding hydrogens is 186 g/mol. The summed E-state index contributed by atoms with van der Waals surface area (Å²) in [6, 6.07) is 0.484. The van der Waals surface area contributed by atoms with Gasteiger partial charge in [0.25, 0.3) is 0 Å². The lowest BCUT2D eigenvalue weighted by molar-refractivity contribution is -0.134. The number of hydrogen-bond donors (Lipinski definition) is 0. The van der Waals surface area contributed by atoms with Crippen LogP contribution >= 0.6 is 0 Å². The molecule has 0 aliphatic carbocycles. The van der Waals surface area contributed by atoms with Crippen LogP contribution in [0.2, 0.25) is 0 Å². The van der Waals surface area contributed by atoms with E-state index in [0.29, 0.717) is 11.9 Å². The maximum Gasteiger partial charge on any atom is 0.222 e. The molecule has 0 saturated carbocycles. The molecule has 0 aromatic heterocycles. The SMILES string of the molecule is CCCCCCC(=O)N1CCCCC1C. The van der Waals surface area contributed by atoms with Gasteiger partial charge in [0.15, 0.2) is 0 Å². The second-order valence-electron chi connectivity index (χ2n) is 4.74. The van der Waals surface area contributed by atoms with Crippen LogP contribution in [0.1, 0.15) is 65.2 Å². The van der Waals surface area contributed by atoms with Gasteiger partial charge in [0.1, 0.15) is 0 Å². The van der Waals surface area contributed by atoms with E-state index in [0.717, 1.165) is 19.4 Å². The number of rotatable bonds is 5. The van der Waals surface area contributed by atoms with Crippen LogP contribution in [0.4, 0.5) is 0 Å². The third-order valence-corrected chi connectivity index (χ3v) is 3.37. The van der Waals surface area contributed by atoms with Crippen LogP contribution in [0.3, 0.4) is 0 Å². The summed E-state index contributed by atoms with van der Waals surface area (Å²) in [7, 11) is 0. The van der Waals surface area contributed by atoms with Crippen molar-refractivity contribution in [2.45, 2.75) is 71.3 Å². The molecule has 1 heterocycles. The number of hydrogen-bond acceptors (Lipinski definition) is 1. The van der Waals surface area contributed by atoms with Crippen molar-refractivity contribution in [2.75, 3.05) is 6.54 Å². The standard InChI is InChI=1S/C13H25NO/c1-3-4-5-6-10-13(15)14-11-8-7-9-12(14)2/h12H,3-11H2,1-2H3. The third kappa shape index (κ3) is 4.23. The van der Waals surface area contributed by atoms with Crippen molar-refractivity contribution in [3.05, 3.63) is 0 Å². The summed E-state index contributed by atoms with van der Waals surface area (Å²) in [5.41, 5.74) is 0. The Bertz CT molecular complexity index is 191.